The van der Waals surface area contributed by atoms with E-state index in [-0.39, 0.29) is 12.5 Å². The number of ether oxygens (including phenoxy) is 1. The second-order valence-electron chi connectivity index (χ2n) is 8.47. The number of nitrogens with one attached hydrogen (secondary N) is 1. The first kappa shape index (κ1) is 27.3. The van der Waals surface area contributed by atoms with Crippen molar-refractivity contribution in [1.29, 1.82) is 0 Å². The molecule has 1 aromatic heterocycles. The van der Waals surface area contributed by atoms with Crippen LogP contribution in [0.4, 0.5) is 0 Å². The largest absolute Gasteiger partial charge is 0.487 e. The molecule has 9 heteroatoms. The van der Waals surface area contributed by atoms with Crippen LogP contribution in [0.3, 0.4) is 0 Å². The van der Waals surface area contributed by atoms with Crippen LogP contribution < -0.4 is 10.2 Å². The minimum absolute atomic E-state index is 0.217. The second kappa shape index (κ2) is 12.3. The van der Waals surface area contributed by atoms with Gasteiger partial charge in [-0.3, -0.25) is 4.79 Å². The summed E-state index contributed by atoms with van der Waals surface area (Å²) in [6.07, 6.45) is 1.54. The topological polar surface area (TPSA) is 63.6 Å². The molecule has 5 nitrogen and oxygen atoms in total. The number of hydrogen-bond acceptors (Lipinski definition) is 4. The molecular formula is C30H19Br2Cl2N3O2. The van der Waals surface area contributed by atoms with Crippen LogP contribution in [-0.2, 0) is 6.61 Å². The van der Waals surface area contributed by atoms with Crippen LogP contribution >= 0.6 is 55.1 Å². The van der Waals surface area contributed by atoms with Gasteiger partial charge in [0.05, 0.1) is 27.5 Å². The summed E-state index contributed by atoms with van der Waals surface area (Å²) in [6, 6.07) is 28.0. The number of rotatable bonds is 7. The van der Waals surface area contributed by atoms with Gasteiger partial charge in [0.2, 0.25) is 0 Å². The quantitative estimate of drug-likeness (QED) is 0.138. The zero-order chi connectivity index (χ0) is 27.4. The Hall–Kier alpha value is -3.23. The lowest BCUT2D eigenvalue weighted by atomic mass is 10.0. The van der Waals surface area contributed by atoms with Gasteiger partial charge in [-0.25, -0.2) is 10.4 Å². The zero-order valence-corrected chi connectivity index (χ0v) is 24.9. The number of hydrazone groups is 1. The van der Waals surface area contributed by atoms with E-state index in [1.54, 1.807) is 18.2 Å². The Morgan fingerprint density at radius 2 is 1.72 bits per heavy atom. The SMILES string of the molecule is O=C(N/N=C\c1cc(Br)cc(Br)c1OCc1ccc(Cl)cc1Cl)c1cc(-c2ccccc2)nc2ccccc12. The van der Waals surface area contributed by atoms with Gasteiger partial charge in [-0.2, -0.15) is 5.10 Å². The lowest BCUT2D eigenvalue weighted by Crippen LogP contribution is -2.18. The highest BCUT2D eigenvalue weighted by Gasteiger charge is 2.15. The van der Waals surface area contributed by atoms with Gasteiger partial charge in [0.25, 0.3) is 5.91 Å². The van der Waals surface area contributed by atoms with Crippen LogP contribution in [0.25, 0.3) is 22.2 Å². The molecule has 1 heterocycles. The molecule has 0 aliphatic heterocycles. The average Bonchev–Trinajstić information content (AvgIpc) is 2.93. The maximum atomic E-state index is 13.3. The first-order valence-corrected chi connectivity index (χ1v) is 14.1. The van der Waals surface area contributed by atoms with Crippen molar-refractivity contribution >= 4 is 78.1 Å². The molecule has 1 amide bonds. The van der Waals surface area contributed by atoms with Gasteiger partial charge >= 0.3 is 0 Å². The first-order chi connectivity index (χ1) is 18.9. The number of hydrogen-bond donors (Lipinski definition) is 1. The molecule has 0 bridgehead atoms. The molecule has 194 valence electrons. The van der Waals surface area contributed by atoms with E-state index in [4.69, 9.17) is 32.9 Å². The van der Waals surface area contributed by atoms with E-state index < -0.39 is 0 Å². The van der Waals surface area contributed by atoms with Gasteiger partial charge in [-0.05, 0) is 52.3 Å². The molecule has 5 rings (SSSR count). The highest BCUT2D eigenvalue weighted by Crippen LogP contribution is 2.33. The van der Waals surface area contributed by atoms with E-state index in [9.17, 15) is 4.79 Å². The second-order valence-corrected chi connectivity index (χ2v) is 11.1. The van der Waals surface area contributed by atoms with Gasteiger partial charge in [-0.1, -0.05) is 93.7 Å². The number of fused-ring (bicyclic) bond motifs is 1. The molecular weight excluding hydrogens is 665 g/mol. The van der Waals surface area contributed by atoms with Crippen molar-refractivity contribution in [1.82, 2.24) is 10.4 Å². The van der Waals surface area contributed by atoms with Crippen LogP contribution in [0.2, 0.25) is 10.0 Å². The minimum atomic E-state index is -0.355. The van der Waals surface area contributed by atoms with Gasteiger partial charge in [-0.15, -0.1) is 0 Å². The molecule has 0 aliphatic rings. The van der Waals surface area contributed by atoms with Crippen LogP contribution in [-0.4, -0.2) is 17.1 Å². The van der Waals surface area contributed by atoms with Crippen LogP contribution in [0, 0.1) is 0 Å². The number of amides is 1. The van der Waals surface area contributed by atoms with Crippen molar-refractivity contribution in [3.8, 4) is 17.0 Å². The van der Waals surface area contributed by atoms with Crippen molar-refractivity contribution in [3.63, 3.8) is 0 Å². The van der Waals surface area contributed by atoms with Crippen LogP contribution in [0.15, 0.2) is 105 Å². The third kappa shape index (κ3) is 6.50. The summed E-state index contributed by atoms with van der Waals surface area (Å²) in [5.41, 5.74) is 6.90. The first-order valence-electron chi connectivity index (χ1n) is 11.7. The fourth-order valence-corrected chi connectivity index (χ4v) is 5.79. The maximum Gasteiger partial charge on any atom is 0.272 e. The Labute approximate surface area is 252 Å². The Balaban J connectivity index is 1.40. The number of carbonyl (C=O) groups excluding carboxylic acids is 1. The van der Waals surface area contributed by atoms with E-state index in [0.29, 0.717) is 37.1 Å². The van der Waals surface area contributed by atoms with E-state index in [2.05, 4.69) is 42.4 Å². The van der Waals surface area contributed by atoms with Crippen LogP contribution in [0.1, 0.15) is 21.5 Å². The standard InChI is InChI=1S/C30H19Br2Cl2N3O2/c31-21-12-20(29(25(32)13-21)39-17-19-10-11-22(33)14-26(19)34)16-35-37-30(38)24-15-28(18-6-2-1-3-7-18)36-27-9-5-4-8-23(24)27/h1-16H,17H2,(H,37,38)/b35-16-. The molecule has 0 fully saturated rings. The summed E-state index contributed by atoms with van der Waals surface area (Å²) in [7, 11) is 0. The van der Waals surface area contributed by atoms with Crippen molar-refractivity contribution < 1.29 is 9.53 Å². The highest BCUT2D eigenvalue weighted by molar-refractivity contribution is 9.11. The maximum absolute atomic E-state index is 13.3. The summed E-state index contributed by atoms with van der Waals surface area (Å²) in [5, 5.41) is 6.04. The Morgan fingerprint density at radius 3 is 2.51 bits per heavy atom. The lowest BCUT2D eigenvalue weighted by Gasteiger charge is -2.13. The number of carbonyl (C=O) groups is 1. The average molecular weight is 684 g/mol. The van der Waals surface area contributed by atoms with Crippen molar-refractivity contribution in [2.45, 2.75) is 6.61 Å². The molecule has 0 radical (unpaired) electrons. The minimum Gasteiger partial charge on any atom is -0.487 e. The van der Waals surface area contributed by atoms with E-state index in [1.807, 2.05) is 72.8 Å². The fraction of sp³-hybridized carbons (Fsp3) is 0.0333. The molecule has 4 aromatic carbocycles. The predicted molar refractivity (Wildman–Crippen MR) is 165 cm³/mol. The van der Waals surface area contributed by atoms with Gasteiger partial charge in [0, 0.05) is 36.6 Å². The van der Waals surface area contributed by atoms with Crippen molar-refractivity contribution in [2.75, 3.05) is 0 Å². The summed E-state index contributed by atoms with van der Waals surface area (Å²) >= 11 is 19.4. The molecule has 0 atom stereocenters. The molecule has 1 N–H and O–H groups in total. The number of aromatic nitrogens is 1. The van der Waals surface area contributed by atoms with Crippen molar-refractivity contribution in [3.05, 3.63) is 127 Å². The fourth-order valence-electron chi connectivity index (χ4n) is 3.96. The number of para-hydroxylation sites is 1. The summed E-state index contributed by atoms with van der Waals surface area (Å²) < 4.78 is 7.61. The normalized spacial score (nSPS) is 11.2. The third-order valence-corrected chi connectivity index (χ3v) is 7.46. The lowest BCUT2D eigenvalue weighted by molar-refractivity contribution is 0.0956. The highest BCUT2D eigenvalue weighted by atomic mass is 79.9. The van der Waals surface area contributed by atoms with E-state index >= 15 is 0 Å². The monoisotopic (exact) mass is 681 g/mol. The van der Waals surface area contributed by atoms with Gasteiger partial charge in [0.15, 0.2) is 0 Å². The molecule has 5 aromatic rings. The zero-order valence-electron chi connectivity index (χ0n) is 20.2. The smallest absolute Gasteiger partial charge is 0.272 e. The van der Waals surface area contributed by atoms with Crippen LogP contribution in [0.5, 0.6) is 5.75 Å². The van der Waals surface area contributed by atoms with Gasteiger partial charge in [0.1, 0.15) is 12.4 Å². The van der Waals surface area contributed by atoms with Gasteiger partial charge < -0.3 is 4.74 Å². The molecule has 0 spiro atoms. The van der Waals surface area contributed by atoms with E-state index in [1.165, 1.54) is 6.21 Å². The number of pyridine rings is 1. The number of nitrogens with zero attached hydrogens (tertiary/aromatic N) is 2. The summed E-state index contributed by atoms with van der Waals surface area (Å²) in [6.45, 7) is 0.217. The molecule has 0 unspecified atom stereocenters. The molecule has 0 saturated heterocycles. The Morgan fingerprint density at radius 1 is 0.949 bits per heavy atom. The number of halogens is 4. The van der Waals surface area contributed by atoms with Crippen molar-refractivity contribution in [2.24, 2.45) is 5.10 Å². The molecule has 0 aliphatic carbocycles. The Bertz CT molecular complexity index is 1710. The Kier molecular flexibility index (Phi) is 8.63. The summed E-state index contributed by atoms with van der Waals surface area (Å²) in [5.74, 6) is 0.189. The third-order valence-electron chi connectivity index (χ3n) is 5.82. The predicted octanol–water partition coefficient (Wildman–Crippen LogP) is 9.08. The van der Waals surface area contributed by atoms with E-state index in [0.717, 1.165) is 26.5 Å². The summed E-state index contributed by atoms with van der Waals surface area (Å²) in [4.78, 5) is 18.0. The number of benzene rings is 4. The molecule has 0 saturated carbocycles. The molecule has 39 heavy (non-hydrogen) atoms.